The van der Waals surface area contributed by atoms with Crippen molar-refractivity contribution < 1.29 is 33.3 Å². The van der Waals surface area contributed by atoms with Crippen LogP contribution < -0.4 is 5.56 Å². The molecule has 29 heavy (non-hydrogen) atoms. The molecule has 1 aliphatic heterocycles. The summed E-state index contributed by atoms with van der Waals surface area (Å²) >= 11 is 3.10. The molecule has 4 atom stereocenters. The third-order valence-corrected chi connectivity index (χ3v) is 4.39. The van der Waals surface area contributed by atoms with Gasteiger partial charge in [-0.1, -0.05) is 0 Å². The van der Waals surface area contributed by atoms with Crippen molar-refractivity contribution in [3.8, 4) is 0 Å². The van der Waals surface area contributed by atoms with Gasteiger partial charge in [0.05, 0.1) is 6.33 Å². The first-order valence-electron chi connectivity index (χ1n) is 8.43. The van der Waals surface area contributed by atoms with Crippen LogP contribution in [0.3, 0.4) is 0 Å². The molecule has 1 fully saturated rings. The summed E-state index contributed by atoms with van der Waals surface area (Å²) in [7, 11) is 0. The Morgan fingerprint density at radius 2 is 1.83 bits per heavy atom. The average molecular weight is 473 g/mol. The number of esters is 3. The highest BCUT2D eigenvalue weighted by molar-refractivity contribution is 9.10. The second-order valence-electron chi connectivity index (χ2n) is 6.20. The van der Waals surface area contributed by atoms with Gasteiger partial charge < -0.3 is 18.9 Å². The van der Waals surface area contributed by atoms with Crippen molar-refractivity contribution in [2.45, 2.75) is 45.3 Å². The molecule has 0 spiro atoms. The molecule has 13 heteroatoms. The van der Waals surface area contributed by atoms with Gasteiger partial charge in [0.2, 0.25) is 0 Å². The minimum atomic E-state index is -1.10. The number of rotatable bonds is 5. The molecule has 0 amide bonds. The summed E-state index contributed by atoms with van der Waals surface area (Å²) in [6.07, 6.45) is -2.85. The zero-order chi connectivity index (χ0) is 21.3. The molecule has 0 aromatic carbocycles. The van der Waals surface area contributed by atoms with Gasteiger partial charge in [-0.05, 0) is 15.9 Å². The van der Waals surface area contributed by atoms with Crippen molar-refractivity contribution in [1.29, 1.82) is 0 Å². The third-order valence-electron chi connectivity index (χ3n) is 4.02. The number of H-pyrrole nitrogens is 1. The molecule has 2 aromatic heterocycles. The quantitative estimate of drug-likeness (QED) is 0.362. The summed E-state index contributed by atoms with van der Waals surface area (Å²) in [5, 5.41) is 0. The predicted octanol–water partition coefficient (Wildman–Crippen LogP) is 0.206. The van der Waals surface area contributed by atoms with Crippen LogP contribution in [-0.2, 0) is 33.3 Å². The lowest BCUT2D eigenvalue weighted by Crippen LogP contribution is -2.40. The monoisotopic (exact) mass is 472 g/mol. The normalized spacial score (nSPS) is 23.7. The van der Waals surface area contributed by atoms with E-state index in [9.17, 15) is 19.2 Å². The molecule has 0 saturated carbocycles. The molecule has 1 aliphatic rings. The summed E-state index contributed by atoms with van der Waals surface area (Å²) in [4.78, 5) is 57.2. The molecule has 1 saturated heterocycles. The van der Waals surface area contributed by atoms with E-state index < -0.39 is 48.0 Å². The number of fused-ring (bicyclic) bond motifs is 1. The van der Waals surface area contributed by atoms with Crippen LogP contribution in [0.4, 0.5) is 0 Å². The SMILES string of the molecule is CC(=O)OC[C@H]1O[C@@H](n2cnc3c(=O)[nH]c(Br)nc32)C(OC(C)=O)C1OC(C)=O. The highest BCUT2D eigenvalue weighted by Gasteiger charge is 2.51. The van der Waals surface area contributed by atoms with Crippen LogP contribution in [0.1, 0.15) is 27.0 Å². The fourth-order valence-electron chi connectivity index (χ4n) is 3.00. The van der Waals surface area contributed by atoms with Gasteiger partial charge in [-0.2, -0.15) is 0 Å². The van der Waals surface area contributed by atoms with Crippen LogP contribution in [-0.4, -0.2) is 62.3 Å². The molecule has 156 valence electrons. The predicted molar refractivity (Wildman–Crippen MR) is 97.5 cm³/mol. The highest BCUT2D eigenvalue weighted by atomic mass is 79.9. The first kappa shape index (κ1) is 20.9. The number of nitrogens with zero attached hydrogens (tertiary/aromatic N) is 3. The van der Waals surface area contributed by atoms with E-state index in [0.29, 0.717) is 0 Å². The smallest absolute Gasteiger partial charge is 0.303 e. The fourth-order valence-corrected chi connectivity index (χ4v) is 3.35. The number of ether oxygens (including phenoxy) is 4. The number of nitrogens with one attached hydrogen (secondary N) is 1. The Kier molecular flexibility index (Phi) is 5.98. The molecular formula is C16H17BrN4O8. The number of halogens is 1. The number of imidazole rings is 1. The summed E-state index contributed by atoms with van der Waals surface area (Å²) in [5.74, 6) is -1.85. The van der Waals surface area contributed by atoms with Crippen molar-refractivity contribution in [1.82, 2.24) is 19.5 Å². The van der Waals surface area contributed by atoms with Gasteiger partial charge in [-0.15, -0.1) is 0 Å². The van der Waals surface area contributed by atoms with Crippen molar-refractivity contribution >= 4 is 45.0 Å². The van der Waals surface area contributed by atoms with Crippen LogP contribution in [0.15, 0.2) is 15.9 Å². The van der Waals surface area contributed by atoms with E-state index in [0.717, 1.165) is 0 Å². The van der Waals surface area contributed by atoms with E-state index in [1.807, 2.05) is 0 Å². The molecule has 12 nitrogen and oxygen atoms in total. The minimum Gasteiger partial charge on any atom is -0.463 e. The number of aromatic nitrogens is 4. The summed E-state index contributed by atoms with van der Waals surface area (Å²) in [6.45, 7) is 3.35. The van der Waals surface area contributed by atoms with Gasteiger partial charge in [-0.25, -0.2) is 9.97 Å². The van der Waals surface area contributed by atoms with Crippen LogP contribution in [0.2, 0.25) is 0 Å². The lowest BCUT2D eigenvalue weighted by molar-refractivity contribution is -0.166. The topological polar surface area (TPSA) is 152 Å². The van der Waals surface area contributed by atoms with Gasteiger partial charge in [0.25, 0.3) is 5.56 Å². The molecule has 0 bridgehead atoms. The highest BCUT2D eigenvalue weighted by Crippen LogP contribution is 2.35. The number of carbonyl (C=O) groups excluding carboxylic acids is 3. The van der Waals surface area contributed by atoms with Gasteiger partial charge >= 0.3 is 17.9 Å². The lowest BCUT2D eigenvalue weighted by Gasteiger charge is -2.23. The number of hydrogen-bond donors (Lipinski definition) is 1. The molecule has 2 unspecified atom stereocenters. The number of hydrogen-bond acceptors (Lipinski definition) is 10. The Balaban J connectivity index is 2.05. The first-order valence-corrected chi connectivity index (χ1v) is 9.22. The summed E-state index contributed by atoms with van der Waals surface area (Å²) < 4.78 is 23.1. The maximum atomic E-state index is 12.1. The van der Waals surface area contributed by atoms with Gasteiger partial charge in [-0.3, -0.25) is 28.7 Å². The maximum absolute atomic E-state index is 12.1. The van der Waals surface area contributed by atoms with Gasteiger partial charge in [0.15, 0.2) is 34.3 Å². The Bertz CT molecular complexity index is 1020. The van der Waals surface area contributed by atoms with Gasteiger partial charge in [0, 0.05) is 20.8 Å². The summed E-state index contributed by atoms with van der Waals surface area (Å²) in [6, 6.07) is 0. The van der Waals surface area contributed by atoms with Crippen molar-refractivity contribution in [2.24, 2.45) is 0 Å². The van der Waals surface area contributed by atoms with E-state index in [1.165, 1.54) is 31.7 Å². The van der Waals surface area contributed by atoms with Crippen LogP contribution in [0, 0.1) is 0 Å². The van der Waals surface area contributed by atoms with Crippen LogP contribution in [0.25, 0.3) is 11.2 Å². The molecule has 3 heterocycles. The first-order chi connectivity index (χ1) is 13.7. The largest absolute Gasteiger partial charge is 0.463 e. The van der Waals surface area contributed by atoms with Crippen molar-refractivity contribution in [3.63, 3.8) is 0 Å². The van der Waals surface area contributed by atoms with E-state index in [4.69, 9.17) is 18.9 Å². The van der Waals surface area contributed by atoms with Crippen LogP contribution >= 0.6 is 15.9 Å². The molecule has 0 aliphatic carbocycles. The number of aromatic amines is 1. The zero-order valence-electron chi connectivity index (χ0n) is 15.6. The van der Waals surface area contributed by atoms with E-state index >= 15 is 0 Å². The minimum absolute atomic E-state index is 0.0332. The molecule has 2 aromatic rings. The standard InChI is InChI=1S/C16H17BrN4O8/c1-6(22)26-4-9-11(27-7(2)23)12(28-8(3)24)15(29-9)21-5-18-10-13(21)19-16(17)20-14(10)25/h5,9,11-12,15H,4H2,1-3H3,(H,19,20,25)/t9-,11?,12?,15-/m1/s1. The zero-order valence-corrected chi connectivity index (χ0v) is 17.2. The van der Waals surface area contributed by atoms with Gasteiger partial charge in [0.1, 0.15) is 12.7 Å². The molecule has 1 N–H and O–H groups in total. The van der Waals surface area contributed by atoms with E-state index in [1.54, 1.807) is 0 Å². The molecule has 0 radical (unpaired) electrons. The third kappa shape index (κ3) is 4.45. The van der Waals surface area contributed by atoms with Crippen molar-refractivity contribution in [2.75, 3.05) is 6.61 Å². The van der Waals surface area contributed by atoms with E-state index in [-0.39, 0.29) is 22.5 Å². The summed E-state index contributed by atoms with van der Waals surface area (Å²) in [5.41, 5.74) is -0.306. The Hall–Kier alpha value is -2.80. The maximum Gasteiger partial charge on any atom is 0.303 e. The molecular weight excluding hydrogens is 456 g/mol. The average Bonchev–Trinajstić information content (AvgIpc) is 3.15. The second kappa shape index (κ2) is 8.29. The number of carbonyl (C=O) groups is 3. The Morgan fingerprint density at radius 1 is 1.17 bits per heavy atom. The van der Waals surface area contributed by atoms with Crippen molar-refractivity contribution in [3.05, 3.63) is 21.4 Å². The van der Waals surface area contributed by atoms with E-state index in [2.05, 4.69) is 30.9 Å². The lowest BCUT2D eigenvalue weighted by atomic mass is 10.1. The fraction of sp³-hybridized carbons (Fsp3) is 0.500. The van der Waals surface area contributed by atoms with Crippen LogP contribution in [0.5, 0.6) is 0 Å². The Labute approximate surface area is 171 Å². The molecule has 3 rings (SSSR count). The Morgan fingerprint density at radius 3 is 2.45 bits per heavy atom. The second-order valence-corrected chi connectivity index (χ2v) is 6.95.